The zero-order valence-corrected chi connectivity index (χ0v) is 47.7. The number of aromatic amines is 1. The molecule has 0 radical (unpaired) electrons. The van der Waals surface area contributed by atoms with Crippen LogP contribution in [0, 0.1) is 17.6 Å². The van der Waals surface area contributed by atoms with Crippen molar-refractivity contribution in [2.75, 3.05) is 33.3 Å². The van der Waals surface area contributed by atoms with Crippen LogP contribution >= 0.6 is 8.25 Å². The van der Waals surface area contributed by atoms with E-state index in [1.807, 2.05) is 18.2 Å². The lowest BCUT2D eigenvalue weighted by Crippen LogP contribution is -2.61. The number of hydrogen-bond donors (Lipinski definition) is 8. The van der Waals surface area contributed by atoms with Crippen molar-refractivity contribution in [3.63, 3.8) is 0 Å². The fourth-order valence-electron chi connectivity index (χ4n) is 12.0. The summed E-state index contributed by atoms with van der Waals surface area (Å²) in [6.45, 7) is 0.233. The van der Waals surface area contributed by atoms with Crippen LogP contribution in [0.4, 0.5) is 13.6 Å². The third kappa shape index (κ3) is 13.3. The third-order valence-corrected chi connectivity index (χ3v) is 16.4. The molecule has 26 nitrogen and oxygen atoms in total. The number of nitrogens with zero attached hydrogens (tertiary/aromatic N) is 5. The highest BCUT2D eigenvalue weighted by Gasteiger charge is 2.44. The van der Waals surface area contributed by atoms with Crippen LogP contribution in [0.5, 0.6) is 0 Å². The van der Waals surface area contributed by atoms with E-state index in [1.54, 1.807) is 36.2 Å². The Morgan fingerprint density at radius 3 is 2.29 bits per heavy atom. The van der Waals surface area contributed by atoms with E-state index in [9.17, 15) is 61.5 Å². The molecule has 0 spiro atoms. The van der Waals surface area contributed by atoms with Crippen LogP contribution < -0.4 is 32.7 Å². The first-order valence-corrected chi connectivity index (χ1v) is 29.0. The molecule has 3 aromatic carbocycles. The number of likely N-dealkylation sites (tertiary alicyclic amines) is 1. The van der Waals surface area contributed by atoms with E-state index in [4.69, 9.17) is 24.8 Å². The second kappa shape index (κ2) is 26.1. The number of carbonyl (C=O) groups excluding carboxylic acids is 10. The van der Waals surface area contributed by atoms with Gasteiger partial charge >= 0.3 is 20.0 Å². The van der Waals surface area contributed by atoms with Crippen LogP contribution in [0.3, 0.4) is 0 Å². The number of ether oxygens (including phenoxy) is 1. The summed E-state index contributed by atoms with van der Waals surface area (Å²) in [6.07, 6.45) is 3.68. The predicted molar refractivity (Wildman–Crippen MR) is 300 cm³/mol. The molecule has 9 N–H and O–H groups in total. The zero-order valence-electron chi connectivity index (χ0n) is 46.8. The van der Waals surface area contributed by atoms with Gasteiger partial charge in [-0.15, -0.1) is 9.79 Å². The van der Waals surface area contributed by atoms with Gasteiger partial charge in [0.2, 0.25) is 35.4 Å². The number of imide groups is 1. The average Bonchev–Trinajstić information content (AvgIpc) is 2.18. The predicted octanol–water partition coefficient (Wildman–Crippen LogP) is 2.04. The molecule has 29 heteroatoms. The first-order valence-electron chi connectivity index (χ1n) is 27.9. The number of benzene rings is 3. The van der Waals surface area contributed by atoms with Gasteiger partial charge in [-0.05, 0) is 111 Å². The Kier molecular flexibility index (Phi) is 18.7. The maximum atomic E-state index is 14.7. The first kappa shape index (κ1) is 61.5. The number of imidazole rings is 1. The summed E-state index contributed by atoms with van der Waals surface area (Å²) in [7, 11) is -0.0723. The lowest BCUT2D eigenvalue weighted by molar-refractivity contribution is -0.141. The minimum atomic E-state index is -2.87. The summed E-state index contributed by atoms with van der Waals surface area (Å²) < 4.78 is 45.4. The quantitative estimate of drug-likeness (QED) is 0.0479. The normalized spacial score (nSPS) is 19.2. The number of halogens is 2. The lowest BCUT2D eigenvalue weighted by atomic mass is 9.90. The van der Waals surface area contributed by atoms with Crippen LogP contribution in [0.15, 0.2) is 71.2 Å². The standard InChI is InChI=1S/C57H61F2N11O12.HO3P/c1-66-44-26-30(7-13-41(44)70(56(66)80)43-15-17-46(72)65-52(43)76)5-3-4-29-18-21-67(22-19-29)54(78)39(25-31-6-10-35(58)36(59)24-31)63-50(74)38(12-16-45(60)71)62-51(75)42-14-9-33-20-23-68(57(81)82-2)28-40(55(79)69(33)42)64-53(77)48-47-34-27-32(49(47)73)8-11-37(34)61-48;1-4(2)3/h6-11,13,24,26-27,29,38-40,42-43,61H,3-5,12,14-23,25,28H2,1-2H3,(H2,60,71)(H,62,75)(H,63,74)(H,64,77)(H,65,72,76);(H-,1,2,3)/p+1/t38-,39-,40-,42-,43?;/m0./s1. The average molecular weight is 1210 g/mol. The van der Waals surface area contributed by atoms with Crippen molar-refractivity contribution in [1.82, 2.24) is 50.1 Å². The van der Waals surface area contributed by atoms with E-state index >= 15 is 0 Å². The molecule has 9 amide bonds. The van der Waals surface area contributed by atoms with Crippen molar-refractivity contribution in [3.05, 3.63) is 116 Å². The molecule has 86 heavy (non-hydrogen) atoms. The number of nitrogens with one attached hydrogen (secondary N) is 5. The molecular weight excluding hydrogens is 1150 g/mol. The summed E-state index contributed by atoms with van der Waals surface area (Å²) >= 11 is 0. The number of carbonyl (C=O) groups is 10. The molecule has 3 fully saturated rings. The molecule has 10 rings (SSSR count). The van der Waals surface area contributed by atoms with E-state index in [0.29, 0.717) is 65.5 Å². The van der Waals surface area contributed by atoms with E-state index < -0.39 is 104 Å². The van der Waals surface area contributed by atoms with E-state index in [-0.39, 0.29) is 91.7 Å². The number of methoxy groups -OCH3 is 1. The van der Waals surface area contributed by atoms with Crippen molar-refractivity contribution >= 4 is 89.3 Å². The van der Waals surface area contributed by atoms with Gasteiger partial charge in [0, 0.05) is 79.1 Å². The fourth-order valence-corrected chi connectivity index (χ4v) is 12.0. The highest BCUT2D eigenvalue weighted by Crippen LogP contribution is 2.34. The van der Waals surface area contributed by atoms with Gasteiger partial charge in [0.05, 0.1) is 30.3 Å². The largest absolute Gasteiger partial charge is 0.692 e. The van der Waals surface area contributed by atoms with Crippen LogP contribution in [-0.4, -0.2) is 155 Å². The highest BCUT2D eigenvalue weighted by atomic mass is 31.1. The van der Waals surface area contributed by atoms with Crippen LogP contribution in [-0.2, 0) is 62.8 Å². The number of fused-ring (bicyclic) bond motifs is 3. The first-order chi connectivity index (χ1) is 41.0. The molecular formula is C57H63F2N11O15P+. The van der Waals surface area contributed by atoms with Crippen molar-refractivity contribution in [3.8, 4) is 0 Å². The van der Waals surface area contributed by atoms with Gasteiger partial charge in [-0.3, -0.25) is 57.6 Å². The summed E-state index contributed by atoms with van der Waals surface area (Å²) in [5.41, 5.74) is 8.84. The molecule has 1 aliphatic carbocycles. The Bertz CT molecular complexity index is 3720. The Morgan fingerprint density at radius 1 is 0.860 bits per heavy atom. The summed E-state index contributed by atoms with van der Waals surface area (Å²) in [5.74, 6) is -8.06. The minimum Gasteiger partial charge on any atom is -0.453 e. The molecule has 1 unspecified atom stereocenters. The van der Waals surface area contributed by atoms with E-state index in [0.717, 1.165) is 37.6 Å². The molecule has 5 aliphatic rings. The number of hydrogen-bond acceptors (Lipinski definition) is 13. The fraction of sp³-hybridized carbons (Fsp3) is 0.421. The van der Waals surface area contributed by atoms with Gasteiger partial charge in [-0.25, -0.2) is 18.4 Å². The maximum absolute atomic E-state index is 14.7. The topological polar surface area (TPSA) is 364 Å². The molecule has 5 aromatic rings. The second-order valence-electron chi connectivity index (χ2n) is 21.8. The van der Waals surface area contributed by atoms with Gasteiger partial charge in [0.25, 0.3) is 11.8 Å². The van der Waals surface area contributed by atoms with Crippen molar-refractivity contribution in [2.24, 2.45) is 18.7 Å². The third-order valence-electron chi connectivity index (χ3n) is 16.4. The number of H-pyrrole nitrogens is 1. The molecule has 4 aliphatic heterocycles. The van der Waals surface area contributed by atoms with E-state index in [1.165, 1.54) is 25.0 Å². The summed E-state index contributed by atoms with van der Waals surface area (Å²) in [4.78, 5) is 169. The Hall–Kier alpha value is -9.01. The zero-order chi connectivity index (χ0) is 61.8. The molecule has 2 bridgehead atoms. The number of aryl methyl sites for hydroxylation is 2. The number of primary amides is 1. The maximum Gasteiger partial charge on any atom is 0.692 e. The van der Waals surface area contributed by atoms with Gasteiger partial charge in [0.15, 0.2) is 17.4 Å². The molecule has 0 saturated carbocycles. The monoisotopic (exact) mass is 1210 g/mol. The molecule has 2 aromatic heterocycles. The van der Waals surface area contributed by atoms with Crippen molar-refractivity contribution < 1.29 is 75.8 Å². The van der Waals surface area contributed by atoms with Crippen LogP contribution in [0.1, 0.15) is 108 Å². The van der Waals surface area contributed by atoms with Gasteiger partial charge in [-0.1, -0.05) is 18.2 Å². The van der Waals surface area contributed by atoms with Gasteiger partial charge < -0.3 is 46.1 Å². The number of piperidine rings is 2. The lowest BCUT2D eigenvalue weighted by Gasteiger charge is -2.37. The molecule has 5 atom stereocenters. The van der Waals surface area contributed by atoms with E-state index in [2.05, 4.69) is 26.3 Å². The Labute approximate surface area is 489 Å². The molecule has 454 valence electrons. The summed E-state index contributed by atoms with van der Waals surface area (Å²) in [5, 5.41) is 10.9. The number of aromatic nitrogens is 3. The second-order valence-corrected chi connectivity index (χ2v) is 22.3. The molecule has 3 saturated heterocycles. The number of amides is 9. The van der Waals surface area contributed by atoms with Crippen LogP contribution in [0.2, 0.25) is 0 Å². The van der Waals surface area contributed by atoms with Crippen molar-refractivity contribution in [2.45, 2.75) is 107 Å². The van der Waals surface area contributed by atoms with Crippen molar-refractivity contribution in [1.29, 1.82) is 0 Å². The van der Waals surface area contributed by atoms with Crippen LogP contribution in [0.25, 0.3) is 21.9 Å². The SMILES string of the molecule is COC(=O)N1CCC2=CC[C@@H](C(=O)N[C@@H](CCC(N)=O)C(=O)N[C@@H](Cc3ccc(F)c(F)c3)C(=O)N3CCC(CCCc4ccc5c(c4)n(C)c(=O)n5C4CCC(=O)NC4=O)CC3)N2C(=O)[C@@H](NC(=O)c2[nH]c3ccc4cc3c2C4=O)C1.O=[P+](O)O. The Balaban J connectivity index is 0.00000214. The Morgan fingerprint density at radius 2 is 1.59 bits per heavy atom. The number of ketones is 1. The van der Waals surface area contributed by atoms with Gasteiger partial charge in [0.1, 0.15) is 35.9 Å². The number of nitrogens with two attached hydrogens (primary N) is 1. The number of rotatable bonds is 17. The smallest absolute Gasteiger partial charge is 0.453 e. The summed E-state index contributed by atoms with van der Waals surface area (Å²) in [6, 6.07) is 7.20. The highest BCUT2D eigenvalue weighted by molar-refractivity contribution is 7.30. The van der Waals surface area contributed by atoms with Gasteiger partial charge in [-0.2, -0.15) is 0 Å². The minimum absolute atomic E-state index is 0.00619. The molecule has 6 heterocycles.